The Morgan fingerprint density at radius 2 is 2.06 bits per heavy atom. The van der Waals surface area contributed by atoms with Gasteiger partial charge in [0.05, 0.1) is 31.8 Å². The fourth-order valence-corrected chi connectivity index (χ4v) is 4.13. The van der Waals surface area contributed by atoms with Crippen molar-refractivity contribution in [1.29, 1.82) is 0 Å². The maximum atomic E-state index is 13.1. The third kappa shape index (κ3) is 3.77. The quantitative estimate of drug-likeness (QED) is 0.480. The number of rotatable bonds is 5. The standard InChI is InChI=1S/C22H24N6O3/c1-15-11-26(7-8-31-15)12-17-9-19-20(23-10-17)27(22(29)28-21(19)24-14-25-28)13-16-3-5-18(30-2)6-4-16/h3-6,9-10,14-15H,7-8,11-13H2,1-2H3/p+1. The van der Waals surface area contributed by atoms with Gasteiger partial charge in [0.2, 0.25) is 0 Å². The molecule has 1 atom stereocenters. The number of morpholine rings is 1. The molecule has 160 valence electrons. The van der Waals surface area contributed by atoms with Gasteiger partial charge in [-0.2, -0.15) is 0 Å². The van der Waals surface area contributed by atoms with Gasteiger partial charge in [-0.1, -0.05) is 12.1 Å². The molecule has 31 heavy (non-hydrogen) atoms. The minimum atomic E-state index is -0.234. The van der Waals surface area contributed by atoms with E-state index in [1.54, 1.807) is 11.7 Å². The fraction of sp³-hybridized carbons (Fsp3) is 0.364. The lowest BCUT2D eigenvalue weighted by atomic mass is 10.2. The Balaban J connectivity index is 1.56. The van der Waals surface area contributed by atoms with Crippen LogP contribution in [0.25, 0.3) is 16.7 Å². The van der Waals surface area contributed by atoms with Gasteiger partial charge >= 0.3 is 5.69 Å². The predicted octanol–water partition coefficient (Wildman–Crippen LogP) is 1.14. The molecule has 1 aliphatic heterocycles. The van der Waals surface area contributed by atoms with Crippen LogP contribution in [-0.4, -0.2) is 57.0 Å². The van der Waals surface area contributed by atoms with Crippen molar-refractivity contribution >= 4 is 16.7 Å². The first-order chi connectivity index (χ1) is 15.1. The molecule has 1 saturated heterocycles. The van der Waals surface area contributed by atoms with E-state index in [-0.39, 0.29) is 11.8 Å². The Bertz CT molecular complexity index is 1280. The zero-order valence-corrected chi connectivity index (χ0v) is 17.6. The van der Waals surface area contributed by atoms with Gasteiger partial charge in [0, 0.05) is 30.9 Å². The van der Waals surface area contributed by atoms with Crippen molar-refractivity contribution in [3.05, 3.63) is 64.5 Å². The number of aromatic nitrogens is 5. The second kappa shape index (κ2) is 8.09. The Labute approximate surface area is 178 Å². The smallest absolute Gasteiger partial charge is 0.425 e. The Kier molecular flexibility index (Phi) is 5.13. The molecule has 3 aromatic heterocycles. The summed E-state index contributed by atoms with van der Waals surface area (Å²) in [5, 5.41) is 5.07. The van der Waals surface area contributed by atoms with Crippen LogP contribution in [0.5, 0.6) is 5.75 Å². The summed E-state index contributed by atoms with van der Waals surface area (Å²) >= 11 is 0. The first kappa shape index (κ1) is 19.7. The van der Waals surface area contributed by atoms with Gasteiger partial charge in [-0.05, 0) is 40.8 Å². The molecule has 4 heterocycles. The van der Waals surface area contributed by atoms with Crippen LogP contribution in [0.2, 0.25) is 0 Å². The molecule has 9 heteroatoms. The largest absolute Gasteiger partial charge is 0.497 e. The molecule has 0 amide bonds. The molecule has 9 nitrogen and oxygen atoms in total. The maximum Gasteiger partial charge on any atom is 0.425 e. The van der Waals surface area contributed by atoms with E-state index < -0.39 is 0 Å². The zero-order chi connectivity index (χ0) is 21.4. The molecule has 0 bridgehead atoms. The highest BCUT2D eigenvalue weighted by Crippen LogP contribution is 2.19. The summed E-state index contributed by atoms with van der Waals surface area (Å²) in [6.45, 7) is 5.80. The molecule has 0 radical (unpaired) electrons. The van der Waals surface area contributed by atoms with Crippen molar-refractivity contribution in [2.24, 2.45) is 0 Å². The Hall–Kier alpha value is -3.30. The summed E-state index contributed by atoms with van der Waals surface area (Å²) in [5.74, 6) is 0.776. The highest BCUT2D eigenvalue weighted by Gasteiger charge is 2.21. The lowest BCUT2D eigenvalue weighted by Gasteiger charge is -2.31. The van der Waals surface area contributed by atoms with Gasteiger partial charge in [0.25, 0.3) is 12.0 Å². The molecule has 1 N–H and O–H groups in total. The number of nitrogens with zero attached hydrogens (tertiary/aromatic N) is 5. The highest BCUT2D eigenvalue weighted by atomic mass is 16.5. The predicted molar refractivity (Wildman–Crippen MR) is 114 cm³/mol. The number of nitrogens with one attached hydrogen (secondary N) is 1. The molecule has 5 rings (SSSR count). The maximum absolute atomic E-state index is 13.1. The molecular formula is C22H25N6O3+. The van der Waals surface area contributed by atoms with Gasteiger partial charge in [-0.15, -0.1) is 0 Å². The van der Waals surface area contributed by atoms with Crippen LogP contribution in [-0.2, 0) is 17.8 Å². The molecule has 4 aromatic rings. The molecule has 1 aliphatic rings. The van der Waals surface area contributed by atoms with Crippen molar-refractivity contribution in [2.75, 3.05) is 26.8 Å². The number of aromatic amines is 1. The average Bonchev–Trinajstić information content (AvgIpc) is 3.28. The van der Waals surface area contributed by atoms with Crippen LogP contribution < -0.4 is 15.4 Å². The zero-order valence-electron chi connectivity index (χ0n) is 17.6. The summed E-state index contributed by atoms with van der Waals surface area (Å²) in [6.07, 6.45) is 3.62. The van der Waals surface area contributed by atoms with E-state index in [4.69, 9.17) is 14.5 Å². The molecule has 0 saturated carbocycles. The van der Waals surface area contributed by atoms with Crippen molar-refractivity contribution < 1.29 is 14.5 Å². The second-order valence-electron chi connectivity index (χ2n) is 7.90. The highest BCUT2D eigenvalue weighted by molar-refractivity contribution is 5.87. The van der Waals surface area contributed by atoms with Crippen LogP contribution >= 0.6 is 0 Å². The van der Waals surface area contributed by atoms with Crippen LogP contribution in [0.15, 0.2) is 47.7 Å². The molecular weight excluding hydrogens is 396 g/mol. The van der Waals surface area contributed by atoms with Gasteiger partial charge < -0.3 is 9.47 Å². The van der Waals surface area contributed by atoms with Gasteiger partial charge in [-0.3, -0.25) is 9.47 Å². The first-order valence-electron chi connectivity index (χ1n) is 10.4. The molecule has 0 spiro atoms. The molecule has 0 aliphatic carbocycles. The molecule has 1 fully saturated rings. The van der Waals surface area contributed by atoms with Gasteiger partial charge in [0.15, 0.2) is 5.65 Å². The summed E-state index contributed by atoms with van der Waals surface area (Å²) in [7, 11) is 1.63. The van der Waals surface area contributed by atoms with Crippen LogP contribution in [0.4, 0.5) is 0 Å². The van der Waals surface area contributed by atoms with E-state index >= 15 is 0 Å². The third-order valence-electron chi connectivity index (χ3n) is 5.66. The monoisotopic (exact) mass is 421 g/mol. The van der Waals surface area contributed by atoms with E-state index in [9.17, 15) is 4.79 Å². The number of ether oxygens (including phenoxy) is 2. The van der Waals surface area contributed by atoms with Crippen molar-refractivity contribution in [3.8, 4) is 5.75 Å². The first-order valence-corrected chi connectivity index (χ1v) is 10.4. The Morgan fingerprint density at radius 1 is 1.23 bits per heavy atom. The minimum Gasteiger partial charge on any atom is -0.497 e. The van der Waals surface area contributed by atoms with Crippen LogP contribution in [0.1, 0.15) is 18.1 Å². The summed E-state index contributed by atoms with van der Waals surface area (Å²) in [5.41, 5.74) is 3.11. The van der Waals surface area contributed by atoms with E-state index in [2.05, 4.69) is 28.0 Å². The minimum absolute atomic E-state index is 0.228. The van der Waals surface area contributed by atoms with Crippen molar-refractivity contribution in [3.63, 3.8) is 0 Å². The third-order valence-corrected chi connectivity index (χ3v) is 5.66. The summed E-state index contributed by atoms with van der Waals surface area (Å²) < 4.78 is 13.9. The molecule has 1 unspecified atom stereocenters. The average molecular weight is 421 g/mol. The fourth-order valence-electron chi connectivity index (χ4n) is 4.13. The normalized spacial score (nSPS) is 17.4. The molecule has 1 aromatic carbocycles. The Morgan fingerprint density at radius 3 is 2.84 bits per heavy atom. The lowest BCUT2D eigenvalue weighted by molar-refractivity contribution is -0.345. The van der Waals surface area contributed by atoms with Crippen LogP contribution in [0.3, 0.4) is 0 Å². The second-order valence-corrected chi connectivity index (χ2v) is 7.90. The van der Waals surface area contributed by atoms with Gasteiger partial charge in [-0.25, -0.2) is 14.8 Å². The van der Waals surface area contributed by atoms with E-state index in [1.807, 2.05) is 30.5 Å². The van der Waals surface area contributed by atoms with Crippen molar-refractivity contribution in [1.82, 2.24) is 24.1 Å². The van der Waals surface area contributed by atoms with Crippen molar-refractivity contribution in [2.45, 2.75) is 26.1 Å². The number of hydrogen-bond donors (Lipinski definition) is 0. The number of pyridine rings is 1. The lowest BCUT2D eigenvalue weighted by Crippen LogP contribution is -2.40. The van der Waals surface area contributed by atoms with Gasteiger partial charge in [0.1, 0.15) is 5.75 Å². The number of H-pyrrole nitrogens is 1. The number of fused-ring (bicyclic) bond motifs is 3. The van der Waals surface area contributed by atoms with E-state index in [0.717, 1.165) is 48.5 Å². The van der Waals surface area contributed by atoms with E-state index in [0.29, 0.717) is 17.8 Å². The van der Waals surface area contributed by atoms with E-state index in [1.165, 1.54) is 10.8 Å². The number of hydrogen-bond acceptors (Lipinski definition) is 6. The number of methoxy groups -OCH3 is 1. The topological polar surface area (TPSA) is 88.0 Å². The summed E-state index contributed by atoms with van der Waals surface area (Å²) in [4.78, 5) is 23.3. The van der Waals surface area contributed by atoms with Crippen LogP contribution in [0, 0.1) is 0 Å². The number of benzene rings is 1. The summed E-state index contributed by atoms with van der Waals surface area (Å²) in [6, 6.07) is 9.77. The SMILES string of the molecule is COc1ccc(Cn2c(=O)n3nc[nH+]c3c3cc(CN4CCOC(C)C4)cnc32)cc1.